The van der Waals surface area contributed by atoms with Crippen LogP contribution in [0, 0.1) is 12.3 Å². The van der Waals surface area contributed by atoms with E-state index in [1.165, 1.54) is 11.6 Å². The second kappa shape index (κ2) is 9.57. The van der Waals surface area contributed by atoms with Gasteiger partial charge in [-0.3, -0.25) is 4.79 Å². The summed E-state index contributed by atoms with van der Waals surface area (Å²) in [6.45, 7) is 1.01. The molecule has 2 heterocycles. The summed E-state index contributed by atoms with van der Waals surface area (Å²) in [4.78, 5) is 21.4. The Balaban J connectivity index is 1.81. The minimum absolute atomic E-state index is 0.202. The Labute approximate surface area is 185 Å². The summed E-state index contributed by atoms with van der Waals surface area (Å²) in [6, 6.07) is 3.41. The van der Waals surface area contributed by atoms with Crippen LogP contribution < -0.4 is 10.7 Å². The molecule has 1 atom stereocenters. The minimum Gasteiger partial charge on any atom is -0.352 e. The number of nitrogens with one attached hydrogen (secondary N) is 2. The number of nitrogens with zero attached hydrogens (tertiary/aromatic N) is 4. The number of anilines is 1. The molecule has 0 bridgehead atoms. The van der Waals surface area contributed by atoms with Crippen LogP contribution >= 0.6 is 0 Å². The molecule has 4 N–H and O–H groups in total. The third kappa shape index (κ3) is 5.48. The van der Waals surface area contributed by atoms with Gasteiger partial charge < -0.3 is 15.6 Å². The summed E-state index contributed by atoms with van der Waals surface area (Å²) >= 11 is 0. The van der Waals surface area contributed by atoms with Crippen molar-refractivity contribution in [2.45, 2.75) is 31.5 Å². The number of alkyl halides is 5. The Morgan fingerprint density at radius 1 is 1.36 bits per heavy atom. The quantitative estimate of drug-likeness (QED) is 0.190. The summed E-state index contributed by atoms with van der Waals surface area (Å²) < 4.78 is 67.2. The van der Waals surface area contributed by atoms with E-state index in [1.807, 2.05) is 0 Å². The first-order valence-corrected chi connectivity index (χ1v) is 9.81. The van der Waals surface area contributed by atoms with Crippen LogP contribution in [0.4, 0.5) is 33.6 Å². The van der Waals surface area contributed by atoms with Crippen LogP contribution in [0.3, 0.4) is 0 Å². The molecule has 1 aromatic heterocycles. The Morgan fingerprint density at radius 3 is 2.70 bits per heavy atom. The van der Waals surface area contributed by atoms with Crippen molar-refractivity contribution in [3.63, 3.8) is 0 Å². The predicted octanol–water partition coefficient (Wildman–Crippen LogP) is 2.60. The van der Waals surface area contributed by atoms with Crippen molar-refractivity contribution in [1.82, 2.24) is 14.9 Å². The van der Waals surface area contributed by atoms with E-state index < -0.39 is 42.6 Å². The van der Waals surface area contributed by atoms with Crippen molar-refractivity contribution < 1.29 is 32.2 Å². The molecule has 176 valence electrons. The molecular formula is C20H21F5N7O+. The number of aryl methyl sites for hydroxylation is 1. The Morgan fingerprint density at radius 2 is 2.06 bits per heavy atom. The van der Waals surface area contributed by atoms with E-state index in [0.717, 1.165) is 11.1 Å². The number of carbonyl (C=O) groups is 1. The van der Waals surface area contributed by atoms with Gasteiger partial charge in [-0.1, -0.05) is 17.2 Å². The lowest BCUT2D eigenvalue weighted by molar-refractivity contribution is -0.577. The molecule has 1 unspecified atom stereocenters. The third-order valence-corrected chi connectivity index (χ3v) is 5.14. The Kier molecular flexibility index (Phi) is 7.01. The van der Waals surface area contributed by atoms with Crippen LogP contribution in [0.15, 0.2) is 35.7 Å². The van der Waals surface area contributed by atoms with Crippen molar-refractivity contribution in [3.05, 3.63) is 47.3 Å². The maximum atomic E-state index is 14.6. The maximum absolute atomic E-state index is 14.6. The predicted molar refractivity (Wildman–Crippen MR) is 110 cm³/mol. The van der Waals surface area contributed by atoms with Crippen LogP contribution in [0.1, 0.15) is 27.9 Å². The van der Waals surface area contributed by atoms with E-state index in [0.29, 0.717) is 23.6 Å². The molecule has 0 aliphatic carbocycles. The highest BCUT2D eigenvalue weighted by atomic mass is 19.4. The zero-order chi connectivity index (χ0) is 24.2. The van der Waals surface area contributed by atoms with Gasteiger partial charge in [-0.2, -0.15) is 18.6 Å². The molecule has 8 nitrogen and oxygen atoms in total. The SMILES string of the molecule is Cc1cccc([NH2+]/N=C\C=N)c1C(=O)N1CCC(F)(F)C1CNc1ncc(C(F)(F)F)cn1. The summed E-state index contributed by atoms with van der Waals surface area (Å²) in [5, 5.41) is 13.4. The first-order chi connectivity index (χ1) is 15.5. The number of benzene rings is 1. The average molecular weight is 470 g/mol. The van der Waals surface area contributed by atoms with Gasteiger partial charge in [0, 0.05) is 44.2 Å². The topological polar surface area (TPSA) is 111 Å². The zero-order valence-corrected chi connectivity index (χ0v) is 17.4. The number of hydrogen-bond donors (Lipinski definition) is 3. The van der Waals surface area contributed by atoms with Gasteiger partial charge in [0.25, 0.3) is 11.8 Å². The fourth-order valence-electron chi connectivity index (χ4n) is 3.48. The maximum Gasteiger partial charge on any atom is 0.419 e. The number of amides is 1. The lowest BCUT2D eigenvalue weighted by atomic mass is 10.0. The molecule has 1 saturated heterocycles. The van der Waals surface area contributed by atoms with E-state index in [4.69, 9.17) is 5.41 Å². The summed E-state index contributed by atoms with van der Waals surface area (Å²) in [5.41, 5.74) is 1.47. The largest absolute Gasteiger partial charge is 0.419 e. The lowest BCUT2D eigenvalue weighted by Gasteiger charge is -2.28. The van der Waals surface area contributed by atoms with Gasteiger partial charge >= 0.3 is 6.18 Å². The number of hydrogen-bond acceptors (Lipinski definition) is 6. The van der Waals surface area contributed by atoms with Crippen LogP contribution in [0.2, 0.25) is 0 Å². The normalized spacial score (nSPS) is 18.0. The highest BCUT2D eigenvalue weighted by molar-refractivity contribution is 6.14. The van der Waals surface area contributed by atoms with E-state index in [1.54, 1.807) is 25.1 Å². The molecule has 1 aliphatic heterocycles. The number of nitrogens with two attached hydrogens (primary N) is 1. The third-order valence-electron chi connectivity index (χ3n) is 5.14. The first kappa shape index (κ1) is 24.2. The van der Waals surface area contributed by atoms with Gasteiger partial charge in [0.1, 0.15) is 17.8 Å². The van der Waals surface area contributed by atoms with Crippen molar-refractivity contribution in [2.24, 2.45) is 5.10 Å². The van der Waals surface area contributed by atoms with Crippen LogP contribution in [-0.4, -0.2) is 58.3 Å². The molecule has 1 fully saturated rings. The second-order valence-electron chi connectivity index (χ2n) is 7.33. The first-order valence-electron chi connectivity index (χ1n) is 9.81. The van der Waals surface area contributed by atoms with Crippen molar-refractivity contribution in [2.75, 3.05) is 18.4 Å². The highest BCUT2D eigenvalue weighted by Gasteiger charge is 2.51. The average Bonchev–Trinajstić information content (AvgIpc) is 3.06. The van der Waals surface area contributed by atoms with E-state index in [-0.39, 0.29) is 18.1 Å². The standard InChI is InChI=1S/C20H20F5N7O/c1-12-3-2-4-14(31-30-7-6-26)16(12)17(33)32-8-5-19(21,22)15(32)11-29-18-27-9-13(10-28-18)20(23,24)25/h2-4,6-7,9-10,15,26,31H,5,8,11H2,1H3,(H,27,28,29)/p+1/b26-6?,30-7-. The van der Waals surface area contributed by atoms with Crippen LogP contribution in [0.25, 0.3) is 0 Å². The molecular weight excluding hydrogens is 449 g/mol. The fourth-order valence-corrected chi connectivity index (χ4v) is 3.48. The van der Waals surface area contributed by atoms with Crippen molar-refractivity contribution in [3.8, 4) is 0 Å². The molecule has 1 aromatic carbocycles. The van der Waals surface area contributed by atoms with E-state index >= 15 is 0 Å². The molecule has 0 radical (unpaired) electrons. The molecule has 33 heavy (non-hydrogen) atoms. The second-order valence-corrected chi connectivity index (χ2v) is 7.33. The number of quaternary nitrogens is 1. The van der Waals surface area contributed by atoms with E-state index in [2.05, 4.69) is 20.4 Å². The fraction of sp³-hybridized carbons (Fsp3) is 0.350. The highest BCUT2D eigenvalue weighted by Crippen LogP contribution is 2.36. The number of halogens is 5. The molecule has 1 aliphatic rings. The summed E-state index contributed by atoms with van der Waals surface area (Å²) in [7, 11) is 0. The molecule has 3 rings (SSSR count). The zero-order valence-electron chi connectivity index (χ0n) is 17.4. The van der Waals surface area contributed by atoms with Crippen LogP contribution in [-0.2, 0) is 6.18 Å². The van der Waals surface area contributed by atoms with Gasteiger partial charge in [0.05, 0.1) is 5.56 Å². The van der Waals surface area contributed by atoms with Gasteiger partial charge in [0.15, 0.2) is 5.69 Å². The van der Waals surface area contributed by atoms with Gasteiger partial charge in [-0.25, -0.2) is 18.7 Å². The summed E-state index contributed by atoms with van der Waals surface area (Å²) in [6.07, 6.45) is -1.91. The van der Waals surface area contributed by atoms with Crippen molar-refractivity contribution >= 4 is 30.0 Å². The smallest absolute Gasteiger partial charge is 0.352 e. The number of rotatable bonds is 7. The Hall–Kier alpha value is -3.48. The van der Waals surface area contributed by atoms with Crippen LogP contribution in [0.5, 0.6) is 0 Å². The molecule has 0 spiro atoms. The molecule has 1 amide bonds. The number of carbonyl (C=O) groups excluding carboxylic acids is 1. The van der Waals surface area contributed by atoms with Crippen molar-refractivity contribution in [1.29, 1.82) is 5.41 Å². The molecule has 0 saturated carbocycles. The minimum atomic E-state index is -4.62. The van der Waals surface area contributed by atoms with Gasteiger partial charge in [-0.15, -0.1) is 0 Å². The number of aromatic nitrogens is 2. The summed E-state index contributed by atoms with van der Waals surface area (Å²) in [5.74, 6) is -4.11. The van der Waals surface area contributed by atoms with Gasteiger partial charge in [-0.05, 0) is 12.5 Å². The molecule has 13 heteroatoms. The molecule has 2 aromatic rings. The van der Waals surface area contributed by atoms with Gasteiger partial charge in [0.2, 0.25) is 5.95 Å². The lowest BCUT2D eigenvalue weighted by Crippen LogP contribution is -2.72. The van der Waals surface area contributed by atoms with E-state index in [9.17, 15) is 26.7 Å². The monoisotopic (exact) mass is 470 g/mol. The Bertz CT molecular complexity index is 1040. The number of likely N-dealkylation sites (tertiary alicyclic amines) is 1.